The highest BCUT2D eigenvalue weighted by molar-refractivity contribution is 6.23. The minimum absolute atomic E-state index is 0.00183. The molecule has 306 valence electrons. The van der Waals surface area contributed by atoms with Gasteiger partial charge in [-0.15, -0.1) is 0 Å². The normalized spacial score (nSPS) is 34.0. The summed E-state index contributed by atoms with van der Waals surface area (Å²) in [6, 6.07) is 1.63. The lowest BCUT2D eigenvalue weighted by Gasteiger charge is -2.38. The molecule has 2 aromatic carbocycles. The number of carbonyl (C=O) groups excluding carboxylic acids is 3. The van der Waals surface area contributed by atoms with Gasteiger partial charge in [0, 0.05) is 79.9 Å². The van der Waals surface area contributed by atoms with Crippen LogP contribution in [-0.4, -0.2) is 88.5 Å². The van der Waals surface area contributed by atoms with Gasteiger partial charge in [0.1, 0.15) is 17.6 Å². The molecule has 0 radical (unpaired) electrons. The van der Waals surface area contributed by atoms with Crippen LogP contribution in [0.15, 0.2) is 42.2 Å². The number of phenols is 2. The maximum absolute atomic E-state index is 14.6. The van der Waals surface area contributed by atoms with Crippen LogP contribution in [0.4, 0.5) is 11.4 Å². The molecule has 1 amide bonds. The highest BCUT2D eigenvalue weighted by atomic mass is 16.7. The lowest BCUT2D eigenvalue weighted by Crippen LogP contribution is -2.46. The van der Waals surface area contributed by atoms with E-state index in [2.05, 4.69) is 17.1 Å². The smallest absolute Gasteiger partial charge is 0.312 e. The second kappa shape index (κ2) is 16.9. The monoisotopic (exact) mass is 778 g/mol. The number of aromatic hydroxyl groups is 2. The Morgan fingerprint density at radius 1 is 0.982 bits per heavy atom. The Kier molecular flexibility index (Phi) is 12.8. The van der Waals surface area contributed by atoms with Gasteiger partial charge in [-0.05, 0) is 44.7 Å². The number of ether oxygens (including phenoxy) is 4. The van der Waals surface area contributed by atoms with Crippen LogP contribution in [0.2, 0.25) is 0 Å². The number of methoxy groups -OCH3 is 1. The fourth-order valence-corrected chi connectivity index (χ4v) is 8.31. The van der Waals surface area contributed by atoms with Crippen molar-refractivity contribution in [3.63, 3.8) is 0 Å². The Morgan fingerprint density at radius 2 is 1.68 bits per heavy atom. The zero-order valence-corrected chi connectivity index (χ0v) is 34.1. The number of fused-ring (bicyclic) bond motifs is 14. The fraction of sp³-hybridized carbons (Fsp3) is 0.558. The van der Waals surface area contributed by atoms with Crippen molar-refractivity contribution >= 4 is 39.8 Å². The van der Waals surface area contributed by atoms with Crippen LogP contribution in [0.1, 0.15) is 84.2 Å². The van der Waals surface area contributed by atoms with Crippen molar-refractivity contribution in [2.45, 2.75) is 105 Å². The van der Waals surface area contributed by atoms with E-state index in [1.165, 1.54) is 27.2 Å². The number of nitrogens with one attached hydrogen (secondary N) is 1. The number of hydrogen-bond acceptors (Lipinski definition) is 12. The average molecular weight is 779 g/mol. The van der Waals surface area contributed by atoms with Crippen molar-refractivity contribution < 1.29 is 53.8 Å². The number of anilines is 2. The molecule has 4 aliphatic rings. The van der Waals surface area contributed by atoms with Crippen LogP contribution >= 0.6 is 0 Å². The Labute approximate surface area is 328 Å². The Balaban J connectivity index is 1.70. The number of aliphatic hydroxyl groups is 2. The molecule has 56 heavy (non-hydrogen) atoms. The second-order valence-electron chi connectivity index (χ2n) is 16.1. The molecule has 6 rings (SSSR count). The highest BCUT2D eigenvalue weighted by Crippen LogP contribution is 2.54. The Hall–Kier alpha value is -4.59. The molecule has 5 bridgehead atoms. The van der Waals surface area contributed by atoms with Gasteiger partial charge >= 0.3 is 11.8 Å². The molecule has 0 aromatic heterocycles. The second-order valence-corrected chi connectivity index (χ2v) is 16.1. The van der Waals surface area contributed by atoms with E-state index in [1.54, 1.807) is 71.9 Å². The zero-order chi connectivity index (χ0) is 41.4. The minimum atomic E-state index is -1.90. The van der Waals surface area contributed by atoms with Crippen LogP contribution in [0.5, 0.6) is 17.2 Å². The maximum atomic E-state index is 14.6. The minimum Gasteiger partial charge on any atom is -0.507 e. The van der Waals surface area contributed by atoms with E-state index in [0.717, 1.165) is 12.8 Å². The highest BCUT2D eigenvalue weighted by Gasteiger charge is 2.50. The molecule has 0 aliphatic carbocycles. The third-order valence-corrected chi connectivity index (χ3v) is 11.8. The van der Waals surface area contributed by atoms with Gasteiger partial charge in [-0.3, -0.25) is 14.4 Å². The molecule has 0 spiro atoms. The fourth-order valence-electron chi connectivity index (χ4n) is 8.31. The van der Waals surface area contributed by atoms with Gasteiger partial charge in [0.2, 0.25) is 0 Å². The number of amides is 1. The zero-order valence-electron chi connectivity index (χ0n) is 34.1. The Morgan fingerprint density at radius 3 is 2.32 bits per heavy atom. The lowest BCUT2D eigenvalue weighted by molar-refractivity contribution is -0.160. The topological polar surface area (TPSA) is 184 Å². The Bertz CT molecular complexity index is 1940. The summed E-state index contributed by atoms with van der Waals surface area (Å²) in [6.45, 7) is 16.4. The number of allylic oxidation sites excluding steroid dienone is 2. The number of aliphatic hydroxyl groups excluding tert-OH is 2. The van der Waals surface area contributed by atoms with E-state index in [4.69, 9.17) is 18.9 Å². The van der Waals surface area contributed by atoms with Crippen molar-refractivity contribution in [1.82, 2.24) is 0 Å². The van der Waals surface area contributed by atoms with Crippen LogP contribution in [0, 0.1) is 36.5 Å². The van der Waals surface area contributed by atoms with Gasteiger partial charge in [-0.2, -0.15) is 0 Å². The first-order valence-electron chi connectivity index (χ1n) is 19.4. The molecule has 1 saturated heterocycles. The SMILES string of the molecule is CO[C@H]1/C=C/O[C@@]2(C)Oc3c(C)c(O)c4c(O)c(cc(N5CCCC(C)C5)c4c3C2=O)NC(=O)/C(C)=C\C=C\[C@H](C)[C@H](O)[C@@H](C)[C@@H](O)[C@@H](C)[C@H](OC(C)=O)[C@@H]1C. The molecular weight excluding hydrogens is 720 g/mol. The van der Waals surface area contributed by atoms with Crippen molar-refractivity contribution in [3.8, 4) is 17.2 Å². The number of carbonyl (C=O) groups is 3. The number of rotatable bonds is 3. The number of esters is 1. The number of Topliss-reactive ketones (excluding diaryl/α,β-unsaturated/α-hetero) is 1. The summed E-state index contributed by atoms with van der Waals surface area (Å²) in [5.41, 5.74) is 1.21. The van der Waals surface area contributed by atoms with E-state index in [0.29, 0.717) is 24.7 Å². The molecule has 2 aromatic rings. The third-order valence-electron chi connectivity index (χ3n) is 11.8. The largest absolute Gasteiger partial charge is 0.507 e. The molecule has 13 heteroatoms. The van der Waals surface area contributed by atoms with Crippen molar-refractivity contribution in [1.29, 1.82) is 0 Å². The summed E-state index contributed by atoms with van der Waals surface area (Å²) in [4.78, 5) is 42.6. The maximum Gasteiger partial charge on any atom is 0.312 e. The van der Waals surface area contributed by atoms with Crippen LogP contribution in [0.25, 0.3) is 10.8 Å². The van der Waals surface area contributed by atoms with E-state index < -0.39 is 77.3 Å². The van der Waals surface area contributed by atoms with Gasteiger partial charge in [0.25, 0.3) is 11.7 Å². The predicted octanol–water partition coefficient (Wildman–Crippen LogP) is 6.28. The number of ketones is 1. The molecule has 10 atom stereocenters. The molecule has 4 heterocycles. The van der Waals surface area contributed by atoms with E-state index >= 15 is 0 Å². The van der Waals surface area contributed by atoms with Gasteiger partial charge in [0.15, 0.2) is 5.75 Å². The standard InChI is InChI=1S/C43H58N2O11/c1-21-13-12-17-45(20-21)30-19-29-38(50)33-32(30)34-40(27(7)37(33)49)56-43(9,41(34)51)54-18-16-31(53-10)24(4)39(55-28(8)46)26(6)36(48)25(5)35(47)22(2)14-11-15-23(3)42(52)44-29/h11,14-16,18-19,21-22,24-26,31,35-36,39,47-50H,12-13,17,20H2,1-10H3,(H,44,52)/b14-11+,18-16+,23-15-/t21?,22-,24+,25+,26+,31-,35-,36+,39+,43-/m0/s1. The molecule has 1 fully saturated rings. The lowest BCUT2D eigenvalue weighted by atomic mass is 9.78. The van der Waals surface area contributed by atoms with Gasteiger partial charge < -0.3 is 49.6 Å². The average Bonchev–Trinajstić information content (AvgIpc) is 3.42. The summed E-state index contributed by atoms with van der Waals surface area (Å²) < 4.78 is 23.9. The van der Waals surface area contributed by atoms with E-state index in [1.807, 2.05) is 0 Å². The number of hydrogen-bond donors (Lipinski definition) is 5. The first-order valence-corrected chi connectivity index (χ1v) is 19.4. The van der Waals surface area contributed by atoms with Crippen LogP contribution in [0.3, 0.4) is 0 Å². The van der Waals surface area contributed by atoms with E-state index in [9.17, 15) is 34.8 Å². The van der Waals surface area contributed by atoms with Gasteiger partial charge in [0.05, 0.1) is 41.2 Å². The van der Waals surface area contributed by atoms with Crippen LogP contribution in [-0.2, 0) is 23.8 Å². The quantitative estimate of drug-likeness (QED) is 0.174. The summed E-state index contributed by atoms with van der Waals surface area (Å²) in [6.07, 6.45) is 5.97. The molecular formula is C43H58N2O11. The first kappa shape index (κ1) is 42.6. The molecule has 0 saturated carbocycles. The summed E-state index contributed by atoms with van der Waals surface area (Å²) in [5, 5.41) is 49.4. The molecule has 4 aliphatic heterocycles. The van der Waals surface area contributed by atoms with Gasteiger partial charge in [-0.1, -0.05) is 52.8 Å². The van der Waals surface area contributed by atoms with E-state index in [-0.39, 0.29) is 44.7 Å². The molecule has 5 N–H and O–H groups in total. The predicted molar refractivity (Wildman–Crippen MR) is 213 cm³/mol. The first-order chi connectivity index (χ1) is 26.3. The van der Waals surface area contributed by atoms with Gasteiger partial charge in [-0.25, -0.2) is 0 Å². The summed E-state index contributed by atoms with van der Waals surface area (Å²) >= 11 is 0. The van der Waals surface area contributed by atoms with Crippen molar-refractivity contribution in [3.05, 3.63) is 53.3 Å². The van der Waals surface area contributed by atoms with Crippen molar-refractivity contribution in [2.24, 2.45) is 29.6 Å². The summed E-state index contributed by atoms with van der Waals surface area (Å²) in [5.74, 6) is -6.13. The molecule has 13 nitrogen and oxygen atoms in total. The third kappa shape index (κ3) is 8.12. The van der Waals surface area contributed by atoms with Crippen molar-refractivity contribution in [2.75, 3.05) is 30.4 Å². The number of piperidine rings is 1. The number of phenolic OH excluding ortho intramolecular Hbond substituents is 2. The summed E-state index contributed by atoms with van der Waals surface area (Å²) in [7, 11) is 1.47. The molecule has 1 unspecified atom stereocenters. The number of nitrogens with zero attached hydrogens (tertiary/aromatic N) is 1. The number of benzene rings is 2. The van der Waals surface area contributed by atoms with Crippen LogP contribution < -0.4 is 15.0 Å².